The number of ether oxygens (including phenoxy) is 2. The fourth-order valence-electron chi connectivity index (χ4n) is 3.85. The Kier molecular flexibility index (Phi) is 5.07. The summed E-state index contributed by atoms with van der Waals surface area (Å²) in [6.07, 6.45) is 6.08. The minimum atomic E-state index is -0.435. The Labute approximate surface area is 149 Å². The minimum absolute atomic E-state index is 0.105. The third-order valence-corrected chi connectivity index (χ3v) is 4.85. The molecule has 3 rings (SSSR count). The van der Waals surface area contributed by atoms with E-state index in [1.807, 2.05) is 32.9 Å². The maximum Gasteiger partial charge on any atom is 0.306 e. The van der Waals surface area contributed by atoms with Crippen molar-refractivity contribution in [1.82, 2.24) is 4.98 Å². The van der Waals surface area contributed by atoms with Gasteiger partial charge in [-0.2, -0.15) is 0 Å². The number of aromatic amines is 1. The second-order valence-electron chi connectivity index (χ2n) is 8.02. The summed E-state index contributed by atoms with van der Waals surface area (Å²) in [5.74, 6) is 0.963. The molecule has 0 aliphatic heterocycles. The first kappa shape index (κ1) is 17.8. The van der Waals surface area contributed by atoms with Crippen LogP contribution in [0.4, 0.5) is 0 Å². The van der Waals surface area contributed by atoms with Crippen molar-refractivity contribution < 1.29 is 14.3 Å². The third kappa shape index (κ3) is 4.17. The predicted octanol–water partition coefficient (Wildman–Crippen LogP) is 5.11. The molecule has 0 radical (unpaired) electrons. The van der Waals surface area contributed by atoms with Crippen molar-refractivity contribution in [3.63, 3.8) is 0 Å². The molecule has 0 saturated carbocycles. The third-order valence-electron chi connectivity index (χ3n) is 4.85. The highest BCUT2D eigenvalue weighted by atomic mass is 16.6. The number of fused-ring (bicyclic) bond motifs is 3. The van der Waals surface area contributed by atoms with Crippen LogP contribution >= 0.6 is 0 Å². The first-order valence-electron chi connectivity index (χ1n) is 9.28. The van der Waals surface area contributed by atoms with Crippen LogP contribution in [0.3, 0.4) is 0 Å². The molecule has 1 N–H and O–H groups in total. The van der Waals surface area contributed by atoms with Crippen molar-refractivity contribution in [2.24, 2.45) is 0 Å². The van der Waals surface area contributed by atoms with Crippen molar-refractivity contribution >= 4 is 16.9 Å². The molecule has 0 spiro atoms. The quantitative estimate of drug-likeness (QED) is 0.788. The lowest BCUT2D eigenvalue weighted by molar-refractivity contribution is -0.155. The summed E-state index contributed by atoms with van der Waals surface area (Å²) in [6.45, 7) is 5.77. The Morgan fingerprint density at radius 2 is 2.04 bits per heavy atom. The zero-order chi connectivity index (χ0) is 18.0. The van der Waals surface area contributed by atoms with Crippen LogP contribution in [0.1, 0.15) is 70.1 Å². The molecule has 0 fully saturated rings. The van der Waals surface area contributed by atoms with Crippen LogP contribution in [0.5, 0.6) is 5.75 Å². The molecule has 0 amide bonds. The fourth-order valence-corrected chi connectivity index (χ4v) is 3.85. The summed E-state index contributed by atoms with van der Waals surface area (Å²) in [5.41, 5.74) is 3.25. The highest BCUT2D eigenvalue weighted by Crippen LogP contribution is 2.38. The van der Waals surface area contributed by atoms with Gasteiger partial charge in [-0.1, -0.05) is 12.8 Å². The molecular weight excluding hydrogens is 314 g/mol. The molecule has 1 aliphatic rings. The second kappa shape index (κ2) is 7.11. The molecule has 2 aromatic rings. The lowest BCUT2D eigenvalue weighted by Crippen LogP contribution is -2.25. The Bertz CT molecular complexity index is 754. The Hall–Kier alpha value is -1.97. The highest BCUT2D eigenvalue weighted by Gasteiger charge is 2.27. The van der Waals surface area contributed by atoms with Gasteiger partial charge in [0.15, 0.2) is 0 Å². The Morgan fingerprint density at radius 1 is 1.24 bits per heavy atom. The van der Waals surface area contributed by atoms with Crippen molar-refractivity contribution in [1.29, 1.82) is 0 Å². The largest absolute Gasteiger partial charge is 0.497 e. The molecule has 136 valence electrons. The Balaban J connectivity index is 1.96. The van der Waals surface area contributed by atoms with Gasteiger partial charge in [0.2, 0.25) is 0 Å². The molecule has 1 unspecified atom stereocenters. The van der Waals surface area contributed by atoms with Crippen molar-refractivity contribution in [2.75, 3.05) is 7.11 Å². The molecule has 1 atom stereocenters. The van der Waals surface area contributed by atoms with Gasteiger partial charge in [0.1, 0.15) is 11.4 Å². The number of aryl methyl sites for hydroxylation is 1. The predicted molar refractivity (Wildman–Crippen MR) is 100 cm³/mol. The summed E-state index contributed by atoms with van der Waals surface area (Å²) in [4.78, 5) is 16.0. The molecule has 4 heteroatoms. The van der Waals surface area contributed by atoms with Gasteiger partial charge in [0.25, 0.3) is 0 Å². The maximum absolute atomic E-state index is 12.4. The maximum atomic E-state index is 12.4. The van der Waals surface area contributed by atoms with Gasteiger partial charge < -0.3 is 14.5 Å². The molecule has 1 aliphatic carbocycles. The summed E-state index contributed by atoms with van der Waals surface area (Å²) in [6, 6.07) is 6.16. The molecule has 0 saturated heterocycles. The average molecular weight is 343 g/mol. The first-order chi connectivity index (χ1) is 11.9. The van der Waals surface area contributed by atoms with E-state index in [-0.39, 0.29) is 11.9 Å². The lowest BCUT2D eigenvalue weighted by atomic mass is 9.85. The van der Waals surface area contributed by atoms with Gasteiger partial charge in [-0.05, 0) is 63.6 Å². The van der Waals surface area contributed by atoms with E-state index in [1.165, 1.54) is 29.5 Å². The van der Waals surface area contributed by atoms with Crippen molar-refractivity contribution in [3.8, 4) is 5.75 Å². The summed E-state index contributed by atoms with van der Waals surface area (Å²) in [7, 11) is 1.69. The standard InChI is InChI=1S/C21H29NO3/c1-21(2,3)25-19(23)12-14-8-6-5-7-9-17-20(14)16-11-10-15(24-4)13-18(16)22-17/h10-11,13-14,22H,5-9,12H2,1-4H3. The molecule has 1 aromatic carbocycles. The van der Waals surface area contributed by atoms with Crippen LogP contribution in [-0.4, -0.2) is 23.7 Å². The number of hydrogen-bond donors (Lipinski definition) is 1. The van der Waals surface area contributed by atoms with Gasteiger partial charge in [-0.25, -0.2) is 0 Å². The molecule has 25 heavy (non-hydrogen) atoms. The molecule has 4 nitrogen and oxygen atoms in total. The zero-order valence-electron chi connectivity index (χ0n) is 15.8. The lowest BCUT2D eigenvalue weighted by Gasteiger charge is -2.24. The number of benzene rings is 1. The van der Waals surface area contributed by atoms with E-state index >= 15 is 0 Å². The van der Waals surface area contributed by atoms with Crippen molar-refractivity contribution in [2.45, 2.75) is 70.8 Å². The number of carbonyl (C=O) groups excluding carboxylic acids is 1. The van der Waals surface area contributed by atoms with Crippen LogP contribution in [0.2, 0.25) is 0 Å². The van der Waals surface area contributed by atoms with Gasteiger partial charge in [0, 0.05) is 22.7 Å². The van der Waals surface area contributed by atoms with Crippen LogP contribution in [0.25, 0.3) is 10.9 Å². The van der Waals surface area contributed by atoms with E-state index in [2.05, 4.69) is 11.1 Å². The molecular formula is C21H29NO3. The van der Waals surface area contributed by atoms with Crippen LogP contribution < -0.4 is 4.74 Å². The van der Waals surface area contributed by atoms with Crippen LogP contribution in [0, 0.1) is 0 Å². The number of carbonyl (C=O) groups is 1. The number of H-pyrrole nitrogens is 1. The summed E-state index contributed by atoms with van der Waals surface area (Å²) in [5, 5.41) is 1.21. The number of methoxy groups -OCH3 is 1. The Morgan fingerprint density at radius 3 is 2.76 bits per heavy atom. The van der Waals surface area contributed by atoms with Crippen molar-refractivity contribution in [3.05, 3.63) is 29.5 Å². The summed E-state index contributed by atoms with van der Waals surface area (Å²) >= 11 is 0. The SMILES string of the molecule is COc1ccc2c3c([nH]c2c1)CCCCCC3CC(=O)OC(C)(C)C. The smallest absolute Gasteiger partial charge is 0.306 e. The van der Waals surface area contributed by atoms with Gasteiger partial charge >= 0.3 is 5.97 Å². The molecule has 1 heterocycles. The molecule has 1 aromatic heterocycles. The highest BCUT2D eigenvalue weighted by molar-refractivity contribution is 5.87. The summed E-state index contributed by atoms with van der Waals surface area (Å²) < 4.78 is 10.9. The normalized spacial score (nSPS) is 18.3. The fraction of sp³-hybridized carbons (Fsp3) is 0.571. The van der Waals surface area contributed by atoms with Gasteiger partial charge in [-0.15, -0.1) is 0 Å². The number of esters is 1. The van der Waals surface area contributed by atoms with E-state index in [1.54, 1.807) is 7.11 Å². The number of hydrogen-bond acceptors (Lipinski definition) is 3. The van der Waals surface area contributed by atoms with E-state index < -0.39 is 5.60 Å². The number of aromatic nitrogens is 1. The average Bonchev–Trinajstić information content (AvgIpc) is 2.85. The van der Waals surface area contributed by atoms with Gasteiger partial charge in [-0.3, -0.25) is 4.79 Å². The number of rotatable bonds is 3. The first-order valence-corrected chi connectivity index (χ1v) is 9.28. The molecule has 0 bridgehead atoms. The minimum Gasteiger partial charge on any atom is -0.497 e. The van der Waals surface area contributed by atoms with Gasteiger partial charge in [0.05, 0.1) is 13.5 Å². The zero-order valence-corrected chi connectivity index (χ0v) is 15.8. The monoisotopic (exact) mass is 343 g/mol. The number of nitrogens with one attached hydrogen (secondary N) is 1. The van der Waals surface area contributed by atoms with E-state index in [9.17, 15) is 4.79 Å². The van der Waals surface area contributed by atoms with Crippen LogP contribution in [-0.2, 0) is 16.0 Å². The van der Waals surface area contributed by atoms with E-state index in [0.717, 1.165) is 30.5 Å². The van der Waals surface area contributed by atoms with Crippen LogP contribution in [0.15, 0.2) is 18.2 Å². The topological polar surface area (TPSA) is 51.3 Å². The second-order valence-corrected chi connectivity index (χ2v) is 8.02. The van der Waals surface area contributed by atoms with E-state index in [4.69, 9.17) is 9.47 Å². The van der Waals surface area contributed by atoms with E-state index in [0.29, 0.717) is 6.42 Å².